The first-order chi connectivity index (χ1) is 16.8. The van der Waals surface area contributed by atoms with Crippen molar-refractivity contribution in [1.82, 2.24) is 24.8 Å². The van der Waals surface area contributed by atoms with Gasteiger partial charge in [-0.1, -0.05) is 23.4 Å². The highest BCUT2D eigenvalue weighted by Gasteiger charge is 2.77. The largest absolute Gasteiger partial charge is 0.481 e. The number of aromatic nitrogens is 3. The van der Waals surface area contributed by atoms with Crippen molar-refractivity contribution in [1.29, 1.82) is 0 Å². The SMILES string of the molecule is C=CCN(Cn1nnc2ccccc21)C(=O)C1N(CCCO)C(=O)[C@@H]2[C@@H](C(=O)O)[C@@]3(C)CCC12S3. The number of hydrogen-bond donors (Lipinski definition) is 2. The van der Waals surface area contributed by atoms with Gasteiger partial charge < -0.3 is 20.0 Å². The maximum absolute atomic E-state index is 14.2. The van der Waals surface area contributed by atoms with Crippen LogP contribution < -0.4 is 0 Å². The van der Waals surface area contributed by atoms with Crippen molar-refractivity contribution in [2.24, 2.45) is 11.8 Å². The summed E-state index contributed by atoms with van der Waals surface area (Å²) in [5, 5.41) is 27.9. The minimum atomic E-state index is -0.993. The predicted octanol–water partition coefficient (Wildman–Crippen LogP) is 1.35. The molecule has 3 fully saturated rings. The van der Waals surface area contributed by atoms with E-state index in [0.717, 1.165) is 5.52 Å². The first-order valence-corrected chi connectivity index (χ1v) is 12.6. The third-order valence-electron chi connectivity index (χ3n) is 7.72. The molecule has 3 aliphatic heterocycles. The number of carboxylic acid groups (broad SMARTS) is 1. The number of para-hydroxylation sites is 1. The molecule has 0 aliphatic carbocycles. The molecule has 1 aromatic heterocycles. The molecule has 1 spiro atoms. The Morgan fingerprint density at radius 3 is 2.83 bits per heavy atom. The lowest BCUT2D eigenvalue weighted by Gasteiger charge is -2.37. The van der Waals surface area contributed by atoms with Gasteiger partial charge in [-0.15, -0.1) is 23.4 Å². The molecule has 2 bridgehead atoms. The summed E-state index contributed by atoms with van der Waals surface area (Å²) in [6, 6.07) is 6.63. The molecular weight excluding hydrogens is 470 g/mol. The second kappa shape index (κ2) is 8.63. The van der Waals surface area contributed by atoms with Gasteiger partial charge in [0.25, 0.3) is 0 Å². The number of carbonyl (C=O) groups is 3. The maximum atomic E-state index is 14.2. The number of fused-ring (bicyclic) bond motifs is 2. The number of rotatable bonds is 9. The fraction of sp³-hybridized carbons (Fsp3) is 0.542. The number of carboxylic acids is 1. The van der Waals surface area contributed by atoms with E-state index in [1.807, 2.05) is 31.2 Å². The van der Waals surface area contributed by atoms with E-state index in [-0.39, 0.29) is 38.2 Å². The Labute approximate surface area is 206 Å². The summed E-state index contributed by atoms with van der Waals surface area (Å²) >= 11 is 1.50. The number of aliphatic carboxylic acids is 1. The Kier molecular flexibility index (Phi) is 5.87. The Hall–Kier alpha value is -2.92. The van der Waals surface area contributed by atoms with E-state index in [1.54, 1.807) is 15.7 Å². The second-order valence-corrected chi connectivity index (χ2v) is 11.6. The zero-order valence-electron chi connectivity index (χ0n) is 19.5. The van der Waals surface area contributed by atoms with Gasteiger partial charge in [0.05, 0.1) is 22.1 Å². The van der Waals surface area contributed by atoms with Crippen LogP contribution in [0.2, 0.25) is 0 Å². The van der Waals surface area contributed by atoms with Crippen LogP contribution in [-0.2, 0) is 21.1 Å². The first kappa shape index (κ1) is 23.8. The van der Waals surface area contributed by atoms with Crippen molar-refractivity contribution >= 4 is 40.6 Å². The second-order valence-electron chi connectivity index (χ2n) is 9.74. The molecule has 3 saturated heterocycles. The van der Waals surface area contributed by atoms with E-state index >= 15 is 0 Å². The standard InChI is InChI=1S/C24H29N5O5S/c1-3-11-27(14-29-16-8-5-4-7-15(16)25-26-29)21(32)19-24-10-9-23(2,35-24)18(22(33)34)17(24)20(31)28(19)12-6-13-30/h3-5,7-8,17-19,30H,1,6,9-14H2,2H3,(H,33,34)/t17-,18-,19?,23+,24?/m0/s1. The van der Waals surface area contributed by atoms with Gasteiger partial charge in [-0.25, -0.2) is 4.68 Å². The highest BCUT2D eigenvalue weighted by atomic mass is 32.2. The van der Waals surface area contributed by atoms with Crippen molar-refractivity contribution in [3.63, 3.8) is 0 Å². The summed E-state index contributed by atoms with van der Waals surface area (Å²) in [7, 11) is 0. The smallest absolute Gasteiger partial charge is 0.308 e. The fourth-order valence-electron chi connectivity index (χ4n) is 6.29. The van der Waals surface area contributed by atoms with Crippen molar-refractivity contribution < 1.29 is 24.6 Å². The van der Waals surface area contributed by atoms with Crippen LogP contribution in [0.25, 0.3) is 11.0 Å². The van der Waals surface area contributed by atoms with Crippen LogP contribution in [0.15, 0.2) is 36.9 Å². The quantitative estimate of drug-likeness (QED) is 0.495. The molecular formula is C24H29N5O5S. The van der Waals surface area contributed by atoms with E-state index in [1.165, 1.54) is 16.7 Å². The fourth-order valence-corrected chi connectivity index (χ4v) is 8.64. The molecule has 5 rings (SSSR count). The van der Waals surface area contributed by atoms with Crippen LogP contribution in [-0.4, -0.2) is 88.0 Å². The van der Waals surface area contributed by atoms with Gasteiger partial charge in [-0.05, 0) is 38.3 Å². The lowest BCUT2D eigenvalue weighted by molar-refractivity contribution is -0.150. The average Bonchev–Trinajstić information content (AvgIpc) is 3.53. The van der Waals surface area contributed by atoms with Crippen molar-refractivity contribution in [3.8, 4) is 0 Å². The number of aliphatic hydroxyl groups is 1. The molecule has 0 radical (unpaired) electrons. The number of thioether (sulfide) groups is 1. The third-order valence-corrected chi connectivity index (χ3v) is 9.71. The predicted molar refractivity (Wildman–Crippen MR) is 129 cm³/mol. The van der Waals surface area contributed by atoms with Crippen molar-refractivity contribution in [2.45, 2.75) is 48.4 Å². The number of amides is 2. The van der Waals surface area contributed by atoms with Crippen LogP contribution in [0.1, 0.15) is 26.2 Å². The molecule has 3 aliphatic rings. The van der Waals surface area contributed by atoms with Gasteiger partial charge in [-0.3, -0.25) is 14.4 Å². The van der Waals surface area contributed by atoms with Gasteiger partial charge in [0.2, 0.25) is 11.8 Å². The van der Waals surface area contributed by atoms with E-state index < -0.39 is 33.3 Å². The Morgan fingerprint density at radius 1 is 1.34 bits per heavy atom. The number of aliphatic hydroxyl groups excluding tert-OH is 1. The molecule has 0 saturated carbocycles. The highest BCUT2D eigenvalue weighted by molar-refractivity contribution is 8.02. The van der Waals surface area contributed by atoms with Crippen LogP contribution in [0.3, 0.4) is 0 Å². The number of nitrogens with zero attached hydrogens (tertiary/aromatic N) is 5. The highest BCUT2D eigenvalue weighted by Crippen LogP contribution is 2.71. The molecule has 186 valence electrons. The number of likely N-dealkylation sites (tertiary alicyclic amines) is 1. The van der Waals surface area contributed by atoms with Gasteiger partial charge in [-0.2, -0.15) is 0 Å². The molecule has 5 atom stereocenters. The summed E-state index contributed by atoms with van der Waals surface area (Å²) in [6.07, 6.45) is 3.16. The summed E-state index contributed by atoms with van der Waals surface area (Å²) < 4.78 is 0.228. The number of benzene rings is 1. The lowest BCUT2D eigenvalue weighted by Crippen LogP contribution is -2.55. The third kappa shape index (κ3) is 3.47. The van der Waals surface area contributed by atoms with Gasteiger partial charge in [0, 0.05) is 24.4 Å². The van der Waals surface area contributed by atoms with Crippen LogP contribution >= 0.6 is 11.8 Å². The first-order valence-electron chi connectivity index (χ1n) is 11.8. The molecule has 11 heteroatoms. The molecule has 1 aromatic carbocycles. The van der Waals surface area contributed by atoms with Crippen LogP contribution in [0.5, 0.6) is 0 Å². The van der Waals surface area contributed by atoms with E-state index in [2.05, 4.69) is 16.9 Å². The van der Waals surface area contributed by atoms with Crippen molar-refractivity contribution in [3.05, 3.63) is 36.9 Å². The molecule has 4 heterocycles. The normalized spacial score (nSPS) is 31.2. The zero-order chi connectivity index (χ0) is 25.0. The molecule has 10 nitrogen and oxygen atoms in total. The molecule has 2 amide bonds. The summed E-state index contributed by atoms with van der Waals surface area (Å²) in [4.78, 5) is 43.3. The van der Waals surface area contributed by atoms with E-state index in [9.17, 15) is 24.6 Å². The average molecular weight is 500 g/mol. The summed E-state index contributed by atoms with van der Waals surface area (Å²) in [6.45, 7) is 6.13. The molecule has 2 N–H and O–H groups in total. The zero-order valence-corrected chi connectivity index (χ0v) is 20.4. The topological polar surface area (TPSA) is 129 Å². The molecule has 2 unspecified atom stereocenters. The molecule has 2 aromatic rings. The maximum Gasteiger partial charge on any atom is 0.308 e. The minimum absolute atomic E-state index is 0.120. The van der Waals surface area contributed by atoms with E-state index in [4.69, 9.17) is 0 Å². The Balaban J connectivity index is 1.54. The monoisotopic (exact) mass is 499 g/mol. The van der Waals surface area contributed by atoms with E-state index in [0.29, 0.717) is 24.8 Å². The Bertz CT molecular complexity index is 1200. The molecule has 35 heavy (non-hydrogen) atoms. The van der Waals surface area contributed by atoms with Gasteiger partial charge >= 0.3 is 5.97 Å². The van der Waals surface area contributed by atoms with Crippen LogP contribution in [0, 0.1) is 11.8 Å². The number of hydrogen-bond acceptors (Lipinski definition) is 7. The minimum Gasteiger partial charge on any atom is -0.481 e. The Morgan fingerprint density at radius 2 is 2.11 bits per heavy atom. The van der Waals surface area contributed by atoms with Crippen molar-refractivity contribution in [2.75, 3.05) is 19.7 Å². The number of carbonyl (C=O) groups excluding carboxylic acids is 2. The van der Waals surface area contributed by atoms with Gasteiger partial charge in [0.15, 0.2) is 0 Å². The lowest BCUT2D eigenvalue weighted by atomic mass is 9.66. The van der Waals surface area contributed by atoms with Crippen LogP contribution in [0.4, 0.5) is 0 Å². The summed E-state index contributed by atoms with van der Waals surface area (Å²) in [5.74, 6) is -3.18. The summed E-state index contributed by atoms with van der Waals surface area (Å²) in [5.41, 5.74) is 1.49. The van der Waals surface area contributed by atoms with Gasteiger partial charge in [0.1, 0.15) is 18.2 Å².